The minimum atomic E-state index is -0.544. The maximum atomic E-state index is 11.9. The fraction of sp³-hybridized carbons (Fsp3) is 0.429. The molecule has 0 saturated carbocycles. The molecule has 0 aliphatic rings. The summed E-state index contributed by atoms with van der Waals surface area (Å²) in [7, 11) is 4.83. The highest BCUT2D eigenvalue weighted by Gasteiger charge is 2.17. The molecule has 0 aliphatic carbocycles. The van der Waals surface area contributed by atoms with Crippen molar-refractivity contribution in [3.05, 3.63) is 23.8 Å². The number of nitrogens with two attached hydrogens (primary N) is 1. The van der Waals surface area contributed by atoms with E-state index < -0.39 is 5.97 Å². The normalized spacial score (nSPS) is 9.95. The number of nitrogens with zero attached hydrogens (tertiary/aromatic N) is 1. The van der Waals surface area contributed by atoms with Crippen molar-refractivity contribution in [3.8, 4) is 5.75 Å². The summed E-state index contributed by atoms with van der Waals surface area (Å²) in [6, 6.07) is 4.94. The number of methoxy groups -OCH3 is 1. The van der Waals surface area contributed by atoms with Crippen LogP contribution in [0.1, 0.15) is 23.2 Å². The summed E-state index contributed by atoms with van der Waals surface area (Å²) in [5, 5.41) is 0. The van der Waals surface area contributed by atoms with Crippen LogP contribution in [0.5, 0.6) is 5.75 Å². The Morgan fingerprint density at radius 3 is 2.60 bits per heavy atom. The molecule has 0 saturated heterocycles. The van der Waals surface area contributed by atoms with E-state index in [1.54, 1.807) is 32.3 Å². The molecule has 2 N–H and O–H groups in total. The quantitative estimate of drug-likeness (QED) is 0.482. The smallest absolute Gasteiger partial charge is 0.344 e. The van der Waals surface area contributed by atoms with Crippen molar-refractivity contribution in [1.82, 2.24) is 4.90 Å². The monoisotopic (exact) mass is 280 g/mol. The summed E-state index contributed by atoms with van der Waals surface area (Å²) in [6.45, 7) is 0.163. The molecule has 0 heterocycles. The van der Waals surface area contributed by atoms with Crippen LogP contribution in [0.4, 0.5) is 5.69 Å². The van der Waals surface area contributed by atoms with Crippen molar-refractivity contribution in [2.45, 2.75) is 12.8 Å². The van der Waals surface area contributed by atoms with Gasteiger partial charge in [0.15, 0.2) is 0 Å². The molecular weight excluding hydrogens is 260 g/mol. The number of benzene rings is 1. The lowest BCUT2D eigenvalue weighted by molar-refractivity contribution is -0.128. The largest absolute Gasteiger partial charge is 0.496 e. The molecule has 20 heavy (non-hydrogen) atoms. The lowest BCUT2D eigenvalue weighted by atomic mass is 10.1. The van der Waals surface area contributed by atoms with Crippen molar-refractivity contribution in [3.63, 3.8) is 0 Å². The van der Waals surface area contributed by atoms with Gasteiger partial charge in [-0.15, -0.1) is 0 Å². The zero-order chi connectivity index (χ0) is 15.1. The number of amides is 1. The molecule has 110 valence electrons. The molecule has 0 spiro atoms. The molecule has 0 fully saturated rings. The molecule has 1 rings (SSSR count). The Balaban J connectivity index is 2.54. The molecule has 0 bridgehead atoms. The number of ether oxygens (including phenoxy) is 2. The molecular formula is C14H20N2O4. The zero-order valence-electron chi connectivity index (χ0n) is 12.0. The number of hydrogen-bond donors (Lipinski definition) is 1. The van der Waals surface area contributed by atoms with E-state index in [9.17, 15) is 9.59 Å². The second kappa shape index (κ2) is 7.37. The van der Waals surface area contributed by atoms with Gasteiger partial charge in [0.2, 0.25) is 5.91 Å². The van der Waals surface area contributed by atoms with Gasteiger partial charge < -0.3 is 20.1 Å². The van der Waals surface area contributed by atoms with E-state index in [0.717, 1.165) is 0 Å². The molecule has 0 radical (unpaired) electrons. The average molecular weight is 280 g/mol. The van der Waals surface area contributed by atoms with Crippen LogP contribution in [0.15, 0.2) is 18.2 Å². The first kappa shape index (κ1) is 15.8. The first-order valence-electron chi connectivity index (χ1n) is 6.27. The number of esters is 1. The third kappa shape index (κ3) is 4.15. The minimum absolute atomic E-state index is 0.00199. The van der Waals surface area contributed by atoms with Gasteiger partial charge in [-0.3, -0.25) is 4.79 Å². The third-order valence-corrected chi connectivity index (χ3v) is 2.75. The Labute approximate surface area is 118 Å². The van der Waals surface area contributed by atoms with Crippen LogP contribution in [0.25, 0.3) is 0 Å². The van der Waals surface area contributed by atoms with Crippen LogP contribution >= 0.6 is 0 Å². The summed E-state index contributed by atoms with van der Waals surface area (Å²) in [6.07, 6.45) is 0.805. The van der Waals surface area contributed by atoms with Crippen LogP contribution in [-0.2, 0) is 9.53 Å². The zero-order valence-corrected chi connectivity index (χ0v) is 12.0. The van der Waals surface area contributed by atoms with E-state index in [0.29, 0.717) is 24.3 Å². The summed E-state index contributed by atoms with van der Waals surface area (Å²) in [5.74, 6) is -0.172. The molecule has 1 aromatic rings. The second-order valence-corrected chi connectivity index (χ2v) is 4.45. The molecule has 1 amide bonds. The molecule has 0 aliphatic heterocycles. The number of hydrogen-bond acceptors (Lipinski definition) is 5. The maximum Gasteiger partial charge on any atom is 0.344 e. The Kier molecular flexibility index (Phi) is 5.83. The van der Waals surface area contributed by atoms with E-state index >= 15 is 0 Å². The highest BCUT2D eigenvalue weighted by Crippen LogP contribution is 2.24. The van der Waals surface area contributed by atoms with E-state index in [-0.39, 0.29) is 18.1 Å². The fourth-order valence-electron chi connectivity index (χ4n) is 1.62. The summed E-state index contributed by atoms with van der Waals surface area (Å²) < 4.78 is 10.2. The Bertz CT molecular complexity index is 486. The lowest BCUT2D eigenvalue weighted by Crippen LogP contribution is -2.21. The highest BCUT2D eigenvalue weighted by molar-refractivity contribution is 5.98. The molecule has 6 nitrogen and oxygen atoms in total. The van der Waals surface area contributed by atoms with E-state index in [1.165, 1.54) is 12.0 Å². The molecule has 0 aromatic heterocycles. The van der Waals surface area contributed by atoms with Crippen molar-refractivity contribution in [1.29, 1.82) is 0 Å². The van der Waals surface area contributed by atoms with E-state index in [1.807, 2.05) is 0 Å². The van der Waals surface area contributed by atoms with Gasteiger partial charge >= 0.3 is 5.97 Å². The van der Waals surface area contributed by atoms with Gasteiger partial charge in [-0.2, -0.15) is 0 Å². The summed E-state index contributed by atoms with van der Waals surface area (Å²) in [4.78, 5) is 24.8. The van der Waals surface area contributed by atoms with Gasteiger partial charge in [0.25, 0.3) is 0 Å². The Hall–Kier alpha value is -2.24. The average Bonchev–Trinajstić information content (AvgIpc) is 2.42. The summed E-state index contributed by atoms with van der Waals surface area (Å²) >= 11 is 0. The van der Waals surface area contributed by atoms with Gasteiger partial charge in [0.05, 0.1) is 13.7 Å². The Morgan fingerprint density at radius 1 is 1.30 bits per heavy atom. The van der Waals surface area contributed by atoms with E-state index in [4.69, 9.17) is 15.2 Å². The number of anilines is 1. The van der Waals surface area contributed by atoms with E-state index in [2.05, 4.69) is 0 Å². The highest BCUT2D eigenvalue weighted by atomic mass is 16.5. The maximum absolute atomic E-state index is 11.9. The lowest BCUT2D eigenvalue weighted by Gasteiger charge is -2.12. The first-order valence-corrected chi connectivity index (χ1v) is 6.27. The molecule has 0 unspecified atom stereocenters. The number of carbonyl (C=O) groups excluding carboxylic acids is 2. The van der Waals surface area contributed by atoms with Gasteiger partial charge in [-0.1, -0.05) is 6.07 Å². The van der Waals surface area contributed by atoms with Gasteiger partial charge in [0.1, 0.15) is 11.3 Å². The summed E-state index contributed by atoms with van der Waals surface area (Å²) in [5.41, 5.74) is 6.27. The minimum Gasteiger partial charge on any atom is -0.496 e. The predicted molar refractivity (Wildman–Crippen MR) is 75.6 cm³/mol. The molecule has 1 aromatic carbocycles. The van der Waals surface area contributed by atoms with Crippen LogP contribution in [0.2, 0.25) is 0 Å². The molecule has 0 atom stereocenters. The van der Waals surface area contributed by atoms with Crippen LogP contribution < -0.4 is 10.5 Å². The van der Waals surface area contributed by atoms with Crippen LogP contribution in [0.3, 0.4) is 0 Å². The van der Waals surface area contributed by atoms with Crippen molar-refractivity contribution < 1.29 is 19.1 Å². The fourth-order valence-corrected chi connectivity index (χ4v) is 1.62. The van der Waals surface area contributed by atoms with Crippen LogP contribution in [-0.4, -0.2) is 44.6 Å². The van der Waals surface area contributed by atoms with Crippen molar-refractivity contribution in [2.75, 3.05) is 33.5 Å². The van der Waals surface area contributed by atoms with Crippen molar-refractivity contribution >= 4 is 17.6 Å². The van der Waals surface area contributed by atoms with Gasteiger partial charge in [-0.25, -0.2) is 4.79 Å². The SMILES string of the molecule is COc1cccc(N)c1C(=O)OCCCC(=O)N(C)C. The Morgan fingerprint density at radius 2 is 2.00 bits per heavy atom. The number of rotatable bonds is 6. The third-order valence-electron chi connectivity index (χ3n) is 2.75. The standard InChI is InChI=1S/C14H20N2O4/c1-16(2)12(17)8-5-9-20-14(18)13-10(15)6-4-7-11(13)19-3/h4,6-7H,5,8-9,15H2,1-3H3. The van der Waals surface area contributed by atoms with Gasteiger partial charge in [-0.05, 0) is 18.6 Å². The predicted octanol–water partition coefficient (Wildman–Crippen LogP) is 1.30. The van der Waals surface area contributed by atoms with Crippen LogP contribution in [0, 0.1) is 0 Å². The molecule has 6 heteroatoms. The first-order chi connectivity index (χ1) is 9.47. The van der Waals surface area contributed by atoms with Gasteiger partial charge in [0, 0.05) is 26.2 Å². The number of carbonyl (C=O) groups is 2. The topological polar surface area (TPSA) is 81.9 Å². The second-order valence-electron chi connectivity index (χ2n) is 4.45. The number of nitrogen functional groups attached to an aromatic ring is 1. The van der Waals surface area contributed by atoms with Crippen molar-refractivity contribution in [2.24, 2.45) is 0 Å².